The fraction of sp³-hybridized carbons (Fsp3) is 0.0741. The quantitative estimate of drug-likeness (QED) is 0.414. The molecular formula is C27H21NO4. The molecule has 1 atom stereocenters. The van der Waals surface area contributed by atoms with Crippen LogP contribution in [0.4, 0.5) is 10.5 Å². The van der Waals surface area contributed by atoms with Crippen LogP contribution in [0.1, 0.15) is 11.6 Å². The molecule has 5 rings (SSSR count). The van der Waals surface area contributed by atoms with E-state index in [4.69, 9.17) is 4.74 Å². The van der Waals surface area contributed by atoms with Crippen LogP contribution in [-0.4, -0.2) is 22.9 Å². The third-order valence-electron chi connectivity index (χ3n) is 5.69. The molecule has 5 heteroatoms. The second kappa shape index (κ2) is 8.12. The summed E-state index contributed by atoms with van der Waals surface area (Å²) in [5.74, 6) is 0.228. The van der Waals surface area contributed by atoms with E-state index >= 15 is 0 Å². The molecule has 1 unspecified atom stereocenters. The number of hydrogen-bond donors (Lipinski definition) is 2. The Hall–Kier alpha value is -4.25. The molecule has 0 spiro atoms. The summed E-state index contributed by atoms with van der Waals surface area (Å²) < 4.78 is 5.33. The van der Waals surface area contributed by atoms with Crippen LogP contribution >= 0.6 is 0 Å². The summed E-state index contributed by atoms with van der Waals surface area (Å²) in [6.45, 7) is 0.151. The maximum atomic E-state index is 12.5. The second-order valence-corrected chi connectivity index (χ2v) is 7.70. The third kappa shape index (κ3) is 3.65. The Morgan fingerprint density at radius 3 is 2.09 bits per heavy atom. The van der Waals surface area contributed by atoms with Gasteiger partial charge in [0.15, 0.2) is 0 Å². The number of cyclic esters (lactones) is 1. The lowest BCUT2D eigenvalue weighted by Gasteiger charge is -2.23. The van der Waals surface area contributed by atoms with E-state index in [-0.39, 0.29) is 18.1 Å². The summed E-state index contributed by atoms with van der Waals surface area (Å²) in [7, 11) is 0. The number of carbonyl (C=O) groups is 1. The number of phenolic OH excluding ortho intramolecular Hbond substituents is 2. The van der Waals surface area contributed by atoms with Crippen molar-refractivity contribution >= 4 is 11.8 Å². The Labute approximate surface area is 185 Å². The van der Waals surface area contributed by atoms with Crippen LogP contribution in [0.3, 0.4) is 0 Å². The van der Waals surface area contributed by atoms with Gasteiger partial charge in [0.1, 0.15) is 24.1 Å². The Morgan fingerprint density at radius 1 is 0.719 bits per heavy atom. The summed E-state index contributed by atoms with van der Waals surface area (Å²) in [6, 6.07) is 29.4. The van der Waals surface area contributed by atoms with Gasteiger partial charge >= 0.3 is 6.09 Å². The van der Waals surface area contributed by atoms with Gasteiger partial charge in [0.25, 0.3) is 0 Å². The average molecular weight is 423 g/mol. The topological polar surface area (TPSA) is 70.0 Å². The zero-order valence-corrected chi connectivity index (χ0v) is 17.2. The van der Waals surface area contributed by atoms with E-state index in [0.717, 1.165) is 22.3 Å². The van der Waals surface area contributed by atoms with Gasteiger partial charge in [-0.25, -0.2) is 4.79 Å². The smallest absolute Gasteiger partial charge is 0.415 e. The molecular weight excluding hydrogens is 402 g/mol. The lowest BCUT2D eigenvalue weighted by atomic mass is 9.98. The molecule has 0 aromatic heterocycles. The van der Waals surface area contributed by atoms with Crippen LogP contribution in [0.15, 0.2) is 97.1 Å². The molecule has 1 aliphatic heterocycles. The minimum absolute atomic E-state index is 0.0695. The Kier molecular flexibility index (Phi) is 5.00. The van der Waals surface area contributed by atoms with Gasteiger partial charge in [0.05, 0.1) is 0 Å². The van der Waals surface area contributed by atoms with Crippen molar-refractivity contribution in [2.24, 2.45) is 0 Å². The van der Waals surface area contributed by atoms with E-state index in [1.54, 1.807) is 35.2 Å². The van der Waals surface area contributed by atoms with Gasteiger partial charge in [-0.2, -0.15) is 0 Å². The monoisotopic (exact) mass is 423 g/mol. The van der Waals surface area contributed by atoms with Gasteiger partial charge < -0.3 is 14.9 Å². The first-order valence-corrected chi connectivity index (χ1v) is 10.3. The van der Waals surface area contributed by atoms with Crippen molar-refractivity contribution in [3.05, 3.63) is 103 Å². The van der Waals surface area contributed by atoms with E-state index in [1.165, 1.54) is 0 Å². The van der Waals surface area contributed by atoms with Crippen LogP contribution in [0.2, 0.25) is 0 Å². The molecule has 0 saturated carbocycles. The molecule has 4 aromatic rings. The average Bonchev–Trinajstić information content (AvgIpc) is 3.20. The molecule has 1 aliphatic rings. The SMILES string of the molecule is O=C1OCC(c2ccc(-c3cccc(O)c3)cc2O)N1c1ccc(-c2ccccc2)cc1. The van der Waals surface area contributed by atoms with Crippen LogP contribution < -0.4 is 4.90 Å². The molecule has 32 heavy (non-hydrogen) atoms. The Balaban J connectivity index is 1.45. The summed E-state index contributed by atoms with van der Waals surface area (Å²) in [4.78, 5) is 14.1. The van der Waals surface area contributed by atoms with E-state index in [9.17, 15) is 15.0 Å². The van der Waals surface area contributed by atoms with Gasteiger partial charge in [0.2, 0.25) is 0 Å². The number of aromatic hydroxyl groups is 2. The number of hydrogen-bond acceptors (Lipinski definition) is 4. The molecule has 2 N–H and O–H groups in total. The molecule has 0 radical (unpaired) electrons. The highest BCUT2D eigenvalue weighted by atomic mass is 16.6. The highest BCUT2D eigenvalue weighted by Crippen LogP contribution is 2.39. The maximum absolute atomic E-state index is 12.5. The van der Waals surface area contributed by atoms with E-state index in [0.29, 0.717) is 11.3 Å². The van der Waals surface area contributed by atoms with Crippen molar-refractivity contribution < 1.29 is 19.7 Å². The first-order valence-electron chi connectivity index (χ1n) is 10.3. The lowest BCUT2D eigenvalue weighted by molar-refractivity contribution is 0.178. The number of ether oxygens (including phenoxy) is 1. The van der Waals surface area contributed by atoms with Gasteiger partial charge in [-0.05, 0) is 52.6 Å². The summed E-state index contributed by atoms with van der Waals surface area (Å²) in [5, 5.41) is 20.5. The molecule has 5 nitrogen and oxygen atoms in total. The Bertz CT molecular complexity index is 1270. The van der Waals surface area contributed by atoms with E-state index < -0.39 is 12.1 Å². The zero-order chi connectivity index (χ0) is 22.1. The second-order valence-electron chi connectivity index (χ2n) is 7.70. The zero-order valence-electron chi connectivity index (χ0n) is 17.2. The number of benzene rings is 4. The van der Waals surface area contributed by atoms with Crippen molar-refractivity contribution in [1.29, 1.82) is 0 Å². The number of nitrogens with zero attached hydrogens (tertiary/aromatic N) is 1. The molecule has 1 saturated heterocycles. The third-order valence-corrected chi connectivity index (χ3v) is 5.69. The predicted molar refractivity (Wildman–Crippen MR) is 124 cm³/mol. The first kappa shape index (κ1) is 19.7. The molecule has 1 amide bonds. The molecule has 0 aliphatic carbocycles. The van der Waals surface area contributed by atoms with Gasteiger partial charge in [0, 0.05) is 11.3 Å². The normalized spacial score (nSPS) is 15.6. The predicted octanol–water partition coefficient (Wildman–Crippen LogP) is 6.13. The van der Waals surface area contributed by atoms with Crippen molar-refractivity contribution in [3.63, 3.8) is 0 Å². The van der Waals surface area contributed by atoms with Crippen molar-refractivity contribution in [2.45, 2.75) is 6.04 Å². The summed E-state index contributed by atoms with van der Waals surface area (Å²) in [5.41, 5.74) is 5.02. The van der Waals surface area contributed by atoms with Crippen LogP contribution in [0, 0.1) is 0 Å². The van der Waals surface area contributed by atoms with Crippen LogP contribution in [-0.2, 0) is 4.74 Å². The minimum atomic E-state index is -0.445. The number of carbonyl (C=O) groups excluding carboxylic acids is 1. The molecule has 158 valence electrons. The largest absolute Gasteiger partial charge is 0.508 e. The van der Waals surface area contributed by atoms with E-state index in [2.05, 4.69) is 0 Å². The minimum Gasteiger partial charge on any atom is -0.508 e. The number of rotatable bonds is 4. The fourth-order valence-electron chi connectivity index (χ4n) is 4.07. The maximum Gasteiger partial charge on any atom is 0.415 e. The first-order chi connectivity index (χ1) is 15.6. The Morgan fingerprint density at radius 2 is 1.38 bits per heavy atom. The van der Waals surface area contributed by atoms with Crippen LogP contribution in [0.5, 0.6) is 11.5 Å². The summed E-state index contributed by atoms with van der Waals surface area (Å²) in [6.07, 6.45) is -0.445. The lowest BCUT2D eigenvalue weighted by Crippen LogP contribution is -2.27. The number of phenols is 2. The highest BCUT2D eigenvalue weighted by molar-refractivity contribution is 5.91. The van der Waals surface area contributed by atoms with Crippen LogP contribution in [0.25, 0.3) is 22.3 Å². The van der Waals surface area contributed by atoms with Crippen molar-refractivity contribution in [2.75, 3.05) is 11.5 Å². The molecule has 4 aromatic carbocycles. The van der Waals surface area contributed by atoms with Crippen molar-refractivity contribution in [1.82, 2.24) is 0 Å². The summed E-state index contributed by atoms with van der Waals surface area (Å²) >= 11 is 0. The van der Waals surface area contributed by atoms with Gasteiger partial charge in [-0.3, -0.25) is 4.90 Å². The van der Waals surface area contributed by atoms with E-state index in [1.807, 2.05) is 66.7 Å². The number of amides is 1. The number of anilines is 1. The molecule has 0 bridgehead atoms. The fourth-order valence-corrected chi connectivity index (χ4v) is 4.07. The standard InChI is InChI=1S/C27H21NO4/c29-23-8-4-7-20(15-23)21-11-14-24(26(30)16-21)25-17-32-27(31)28(25)22-12-9-19(10-13-22)18-5-2-1-3-6-18/h1-16,25,29-30H,17H2. The molecule has 1 heterocycles. The van der Waals surface area contributed by atoms with Gasteiger partial charge in [-0.15, -0.1) is 0 Å². The highest BCUT2D eigenvalue weighted by Gasteiger charge is 2.36. The van der Waals surface area contributed by atoms with Gasteiger partial charge in [-0.1, -0.05) is 66.7 Å². The molecule has 1 fully saturated rings. The van der Waals surface area contributed by atoms with Crippen molar-refractivity contribution in [3.8, 4) is 33.8 Å².